The van der Waals surface area contributed by atoms with Gasteiger partial charge in [0.2, 0.25) is 5.91 Å². The van der Waals surface area contributed by atoms with Gasteiger partial charge in [0, 0.05) is 6.54 Å². The molecule has 1 unspecified atom stereocenters. The summed E-state index contributed by atoms with van der Waals surface area (Å²) >= 11 is 7.23. The molecule has 19 heavy (non-hydrogen) atoms. The Morgan fingerprint density at radius 3 is 3.00 bits per heavy atom. The molecular formula is C11H9ClN4O2S. The number of benzene rings is 1. The number of nitrogens with one attached hydrogen (secondary N) is 1. The van der Waals surface area contributed by atoms with Gasteiger partial charge in [-0.15, -0.1) is 0 Å². The summed E-state index contributed by atoms with van der Waals surface area (Å²) < 4.78 is 8.29. The smallest absolute Gasteiger partial charge is 0.290 e. The van der Waals surface area contributed by atoms with Gasteiger partial charge in [-0.1, -0.05) is 18.5 Å². The first-order valence-electron chi connectivity index (χ1n) is 5.61. The molecule has 1 aliphatic rings. The first-order chi connectivity index (χ1) is 9.08. The number of nitrogens with zero attached hydrogens (tertiary/aromatic N) is 3. The fourth-order valence-electron chi connectivity index (χ4n) is 2.00. The van der Waals surface area contributed by atoms with Crippen LogP contribution in [0.25, 0.3) is 11.0 Å². The monoisotopic (exact) mass is 296 g/mol. The van der Waals surface area contributed by atoms with Gasteiger partial charge in [-0.2, -0.15) is 8.75 Å². The van der Waals surface area contributed by atoms with Crippen LogP contribution in [0.5, 0.6) is 0 Å². The Hall–Kier alpha value is -1.73. The molecule has 1 aromatic heterocycles. The van der Waals surface area contributed by atoms with E-state index < -0.39 is 6.03 Å². The minimum absolute atomic E-state index is 0.277. The molecule has 1 N–H and O–H groups in total. The lowest BCUT2D eigenvalue weighted by Gasteiger charge is -2.30. The number of hydrogen-bond acceptors (Lipinski definition) is 5. The maximum Gasteiger partial charge on any atom is 0.328 e. The zero-order valence-corrected chi connectivity index (χ0v) is 11.5. The standard InChI is InChI=1S/C11H9ClN4O2S/c1-5-4-16(11(18)13-10(5)17)9-6(12)2-3-7-8(9)15-19-14-7/h2-3,5H,4H2,1H3,(H,13,17,18). The van der Waals surface area contributed by atoms with Crippen LogP contribution in [0.15, 0.2) is 12.1 Å². The van der Waals surface area contributed by atoms with Crippen LogP contribution in [-0.4, -0.2) is 27.2 Å². The molecule has 6 nitrogen and oxygen atoms in total. The maximum atomic E-state index is 12.0. The first-order valence-corrected chi connectivity index (χ1v) is 6.72. The lowest BCUT2D eigenvalue weighted by Crippen LogP contribution is -2.54. The lowest BCUT2D eigenvalue weighted by atomic mass is 10.1. The molecule has 0 spiro atoms. The summed E-state index contributed by atoms with van der Waals surface area (Å²) in [4.78, 5) is 24.9. The molecule has 1 saturated heterocycles. The highest BCUT2D eigenvalue weighted by Gasteiger charge is 2.32. The third-order valence-electron chi connectivity index (χ3n) is 3.00. The van der Waals surface area contributed by atoms with Crippen LogP contribution in [0.3, 0.4) is 0 Å². The molecule has 0 radical (unpaired) electrons. The maximum absolute atomic E-state index is 12.0. The Labute approximate surface area is 117 Å². The largest absolute Gasteiger partial charge is 0.328 e. The minimum Gasteiger partial charge on any atom is -0.290 e. The second kappa shape index (κ2) is 4.43. The predicted molar refractivity (Wildman–Crippen MR) is 72.5 cm³/mol. The van der Waals surface area contributed by atoms with Crippen molar-refractivity contribution in [3.05, 3.63) is 17.2 Å². The number of fused-ring (bicyclic) bond motifs is 1. The Balaban J connectivity index is 2.13. The zero-order valence-electron chi connectivity index (χ0n) is 9.88. The molecule has 0 aliphatic carbocycles. The van der Waals surface area contributed by atoms with Gasteiger partial charge in [-0.3, -0.25) is 15.0 Å². The highest BCUT2D eigenvalue weighted by atomic mass is 35.5. The predicted octanol–water partition coefficient (Wildman–Crippen LogP) is 2.04. The van der Waals surface area contributed by atoms with E-state index in [0.29, 0.717) is 21.7 Å². The van der Waals surface area contributed by atoms with Gasteiger partial charge in [0.15, 0.2) is 0 Å². The van der Waals surface area contributed by atoms with Crippen molar-refractivity contribution in [2.24, 2.45) is 5.92 Å². The van der Waals surface area contributed by atoms with Gasteiger partial charge in [-0.05, 0) is 12.1 Å². The number of imide groups is 1. The van der Waals surface area contributed by atoms with Crippen molar-refractivity contribution in [2.75, 3.05) is 11.4 Å². The van der Waals surface area contributed by atoms with Gasteiger partial charge < -0.3 is 0 Å². The minimum atomic E-state index is -0.481. The van der Waals surface area contributed by atoms with E-state index in [1.54, 1.807) is 19.1 Å². The van der Waals surface area contributed by atoms with Gasteiger partial charge in [0.1, 0.15) is 11.0 Å². The molecule has 3 rings (SSSR count). The molecule has 98 valence electrons. The SMILES string of the molecule is CC1CN(c2c(Cl)ccc3nsnc23)C(=O)NC1=O. The summed E-state index contributed by atoms with van der Waals surface area (Å²) in [6, 6.07) is 2.95. The van der Waals surface area contributed by atoms with Gasteiger partial charge in [-0.25, -0.2) is 4.79 Å². The summed E-state index contributed by atoms with van der Waals surface area (Å²) in [6.07, 6.45) is 0. The van der Waals surface area contributed by atoms with Crippen LogP contribution in [0.1, 0.15) is 6.92 Å². The molecule has 2 heterocycles. The van der Waals surface area contributed by atoms with E-state index in [4.69, 9.17) is 11.6 Å². The quantitative estimate of drug-likeness (QED) is 0.874. The van der Waals surface area contributed by atoms with E-state index >= 15 is 0 Å². The van der Waals surface area contributed by atoms with E-state index in [2.05, 4.69) is 14.1 Å². The number of amides is 3. The molecule has 0 saturated carbocycles. The Bertz CT molecular complexity index is 686. The summed E-state index contributed by atoms with van der Waals surface area (Å²) in [5, 5.41) is 2.72. The van der Waals surface area contributed by atoms with Gasteiger partial charge >= 0.3 is 6.03 Å². The fraction of sp³-hybridized carbons (Fsp3) is 0.273. The summed E-state index contributed by atoms with van der Waals surface area (Å²) in [6.45, 7) is 2.03. The second-order valence-corrected chi connectivity index (χ2v) is 5.27. The topological polar surface area (TPSA) is 75.2 Å². The lowest BCUT2D eigenvalue weighted by molar-refractivity contribution is -0.123. The Morgan fingerprint density at radius 2 is 2.21 bits per heavy atom. The highest BCUT2D eigenvalue weighted by Crippen LogP contribution is 2.34. The van der Waals surface area contributed by atoms with Gasteiger partial charge in [0.05, 0.1) is 28.4 Å². The summed E-state index contributed by atoms with van der Waals surface area (Å²) in [5.41, 5.74) is 1.76. The zero-order chi connectivity index (χ0) is 13.6. The van der Waals surface area contributed by atoms with E-state index in [-0.39, 0.29) is 18.4 Å². The highest BCUT2D eigenvalue weighted by molar-refractivity contribution is 7.00. The number of halogens is 1. The number of aromatic nitrogens is 2. The second-order valence-electron chi connectivity index (χ2n) is 4.33. The number of rotatable bonds is 1. The average molecular weight is 297 g/mol. The van der Waals surface area contributed by atoms with Crippen molar-refractivity contribution < 1.29 is 9.59 Å². The average Bonchev–Trinajstić information content (AvgIpc) is 2.83. The molecule has 1 atom stereocenters. The number of hydrogen-bond donors (Lipinski definition) is 1. The van der Waals surface area contributed by atoms with Crippen LogP contribution >= 0.6 is 23.3 Å². The molecule has 3 amide bonds. The number of carbonyl (C=O) groups excluding carboxylic acids is 2. The van der Waals surface area contributed by atoms with E-state index in [1.807, 2.05) is 0 Å². The van der Waals surface area contributed by atoms with Crippen LogP contribution in [0.4, 0.5) is 10.5 Å². The molecule has 1 aliphatic heterocycles. The van der Waals surface area contributed by atoms with Crippen molar-refractivity contribution in [2.45, 2.75) is 6.92 Å². The summed E-state index contributed by atoms with van der Waals surface area (Å²) in [5.74, 6) is -0.573. The molecule has 8 heteroatoms. The van der Waals surface area contributed by atoms with Crippen molar-refractivity contribution >= 4 is 52.0 Å². The molecule has 1 fully saturated rings. The number of carbonyl (C=O) groups is 2. The van der Waals surface area contributed by atoms with E-state index in [1.165, 1.54) is 4.90 Å². The number of urea groups is 1. The fourth-order valence-corrected chi connectivity index (χ4v) is 2.79. The van der Waals surface area contributed by atoms with E-state index in [9.17, 15) is 9.59 Å². The molecule has 1 aromatic carbocycles. The van der Waals surface area contributed by atoms with Crippen LogP contribution in [0.2, 0.25) is 5.02 Å². The Morgan fingerprint density at radius 1 is 1.42 bits per heavy atom. The van der Waals surface area contributed by atoms with Crippen molar-refractivity contribution in [1.29, 1.82) is 0 Å². The normalized spacial score (nSPS) is 19.9. The molecule has 0 bridgehead atoms. The van der Waals surface area contributed by atoms with Crippen molar-refractivity contribution in [3.63, 3.8) is 0 Å². The van der Waals surface area contributed by atoms with Crippen molar-refractivity contribution in [1.82, 2.24) is 14.1 Å². The number of anilines is 1. The first kappa shape index (κ1) is 12.3. The van der Waals surface area contributed by atoms with Crippen molar-refractivity contribution in [3.8, 4) is 0 Å². The Kier molecular flexibility index (Phi) is 2.87. The summed E-state index contributed by atoms with van der Waals surface area (Å²) in [7, 11) is 0. The third-order valence-corrected chi connectivity index (χ3v) is 3.85. The molecular weight excluding hydrogens is 288 g/mol. The van der Waals surface area contributed by atoms with Crippen LogP contribution in [0, 0.1) is 5.92 Å². The van der Waals surface area contributed by atoms with Crippen LogP contribution in [-0.2, 0) is 4.79 Å². The van der Waals surface area contributed by atoms with Crippen LogP contribution < -0.4 is 10.2 Å². The third kappa shape index (κ3) is 1.95. The molecule has 2 aromatic rings. The van der Waals surface area contributed by atoms with Gasteiger partial charge in [0.25, 0.3) is 0 Å². The van der Waals surface area contributed by atoms with E-state index in [0.717, 1.165) is 11.7 Å².